The zero-order chi connectivity index (χ0) is 16.7. The van der Waals surface area contributed by atoms with E-state index in [-0.39, 0.29) is 12.6 Å². The van der Waals surface area contributed by atoms with Gasteiger partial charge in [-0.2, -0.15) is 4.98 Å². The number of aryl methyl sites for hydroxylation is 2. The molecule has 0 fully saturated rings. The molecular weight excluding hydrogens is 294 g/mol. The predicted octanol–water partition coefficient (Wildman–Crippen LogP) is 2.54. The maximum Gasteiger partial charge on any atom is 0.317 e. The van der Waals surface area contributed by atoms with E-state index in [0.29, 0.717) is 24.7 Å². The molecule has 0 spiro atoms. The van der Waals surface area contributed by atoms with Gasteiger partial charge in [0.2, 0.25) is 5.89 Å². The number of aromatic nitrogens is 2. The Labute approximate surface area is 136 Å². The lowest BCUT2D eigenvalue weighted by Gasteiger charge is -2.24. The Bertz CT molecular complexity index is 613. The maximum atomic E-state index is 11.0. The van der Waals surface area contributed by atoms with Crippen molar-refractivity contribution in [2.24, 2.45) is 0 Å². The second-order valence-corrected chi connectivity index (χ2v) is 5.65. The van der Waals surface area contributed by atoms with Gasteiger partial charge < -0.3 is 9.63 Å². The van der Waals surface area contributed by atoms with Crippen molar-refractivity contribution in [3.8, 4) is 0 Å². The molecule has 0 saturated carbocycles. The van der Waals surface area contributed by atoms with Crippen molar-refractivity contribution < 1.29 is 14.4 Å². The maximum absolute atomic E-state index is 11.0. The van der Waals surface area contributed by atoms with E-state index >= 15 is 0 Å². The zero-order valence-electron chi connectivity index (χ0n) is 13.6. The van der Waals surface area contributed by atoms with E-state index in [9.17, 15) is 4.79 Å². The first-order valence-corrected chi connectivity index (χ1v) is 7.89. The molecule has 124 valence electrons. The molecule has 1 heterocycles. The van der Waals surface area contributed by atoms with Crippen LogP contribution in [0.3, 0.4) is 0 Å². The minimum atomic E-state index is -0.853. The van der Waals surface area contributed by atoms with Crippen LogP contribution >= 0.6 is 0 Å². The fourth-order valence-electron chi connectivity index (χ4n) is 2.33. The molecule has 1 aromatic carbocycles. The van der Waals surface area contributed by atoms with Gasteiger partial charge in [0.15, 0.2) is 5.82 Å². The van der Waals surface area contributed by atoms with E-state index in [2.05, 4.69) is 22.3 Å². The van der Waals surface area contributed by atoms with Crippen LogP contribution in [0.4, 0.5) is 0 Å². The Balaban J connectivity index is 1.93. The van der Waals surface area contributed by atoms with Gasteiger partial charge in [-0.25, -0.2) is 0 Å². The largest absolute Gasteiger partial charge is 0.480 e. The summed E-state index contributed by atoms with van der Waals surface area (Å²) in [5.74, 6) is 0.270. The highest BCUT2D eigenvalue weighted by Gasteiger charge is 2.19. The fraction of sp³-hybridized carbons (Fsp3) is 0.471. The molecule has 2 rings (SSSR count). The van der Waals surface area contributed by atoms with Gasteiger partial charge in [-0.05, 0) is 25.3 Å². The number of hydrogen-bond acceptors (Lipinski definition) is 5. The minimum Gasteiger partial charge on any atom is -0.480 e. The molecule has 0 radical (unpaired) electrons. The fourth-order valence-corrected chi connectivity index (χ4v) is 2.33. The number of nitrogens with zero attached hydrogens (tertiary/aromatic N) is 3. The lowest BCUT2D eigenvalue weighted by molar-refractivity contribution is -0.139. The molecule has 0 aliphatic carbocycles. The van der Waals surface area contributed by atoms with Crippen LogP contribution in [-0.4, -0.2) is 38.7 Å². The van der Waals surface area contributed by atoms with Crippen LogP contribution in [0.5, 0.6) is 0 Å². The molecule has 0 amide bonds. The van der Waals surface area contributed by atoms with Crippen LogP contribution in [0.25, 0.3) is 0 Å². The molecule has 1 atom stereocenters. The predicted molar refractivity (Wildman–Crippen MR) is 85.9 cm³/mol. The molecule has 23 heavy (non-hydrogen) atoms. The molecule has 6 nitrogen and oxygen atoms in total. The van der Waals surface area contributed by atoms with Crippen LogP contribution in [0.15, 0.2) is 34.9 Å². The molecule has 1 N–H and O–H groups in total. The number of benzene rings is 1. The lowest BCUT2D eigenvalue weighted by Crippen LogP contribution is -2.36. The number of hydrogen-bond donors (Lipinski definition) is 1. The van der Waals surface area contributed by atoms with Crippen LogP contribution < -0.4 is 0 Å². The first kappa shape index (κ1) is 17.1. The van der Waals surface area contributed by atoms with E-state index in [1.807, 2.05) is 36.9 Å². The monoisotopic (exact) mass is 317 g/mol. The molecule has 1 aromatic heterocycles. The summed E-state index contributed by atoms with van der Waals surface area (Å²) in [6.45, 7) is 4.35. The van der Waals surface area contributed by atoms with Crippen LogP contribution in [0.1, 0.15) is 37.5 Å². The number of carboxylic acids is 1. The third-order valence-electron chi connectivity index (χ3n) is 3.88. The van der Waals surface area contributed by atoms with Crippen molar-refractivity contribution in [3.05, 3.63) is 47.6 Å². The number of carboxylic acid groups (broad SMARTS) is 1. The van der Waals surface area contributed by atoms with Gasteiger partial charge in [-0.15, -0.1) is 0 Å². The SMILES string of the molecule is CCC(C)N(CC(=O)O)Cc1nc(CCc2ccccc2)no1. The highest BCUT2D eigenvalue weighted by molar-refractivity contribution is 5.69. The Morgan fingerprint density at radius 1 is 1.30 bits per heavy atom. The smallest absolute Gasteiger partial charge is 0.317 e. The Kier molecular flexibility index (Phi) is 6.29. The molecule has 0 aliphatic heterocycles. The van der Waals surface area contributed by atoms with E-state index in [1.165, 1.54) is 5.56 Å². The second-order valence-electron chi connectivity index (χ2n) is 5.65. The van der Waals surface area contributed by atoms with Crippen molar-refractivity contribution in [2.75, 3.05) is 6.54 Å². The molecule has 0 saturated heterocycles. The normalized spacial score (nSPS) is 12.5. The van der Waals surface area contributed by atoms with Crippen molar-refractivity contribution in [1.82, 2.24) is 15.0 Å². The average Bonchev–Trinajstić information content (AvgIpc) is 2.99. The van der Waals surface area contributed by atoms with Crippen LogP contribution in [0.2, 0.25) is 0 Å². The summed E-state index contributed by atoms with van der Waals surface area (Å²) in [6.07, 6.45) is 2.42. The first-order chi connectivity index (χ1) is 11.1. The Hall–Kier alpha value is -2.21. The van der Waals surface area contributed by atoms with Gasteiger partial charge in [-0.3, -0.25) is 9.69 Å². The number of rotatable bonds is 9. The average molecular weight is 317 g/mol. The van der Waals surface area contributed by atoms with E-state index in [1.54, 1.807) is 0 Å². The Morgan fingerprint density at radius 2 is 2.04 bits per heavy atom. The Morgan fingerprint density at radius 3 is 2.70 bits per heavy atom. The van der Waals surface area contributed by atoms with Gasteiger partial charge in [0.1, 0.15) is 0 Å². The quantitative estimate of drug-likeness (QED) is 0.765. The second kappa shape index (κ2) is 8.43. The molecular formula is C17H23N3O3. The molecule has 0 aliphatic rings. The van der Waals surface area contributed by atoms with E-state index < -0.39 is 5.97 Å². The zero-order valence-corrected chi connectivity index (χ0v) is 13.6. The first-order valence-electron chi connectivity index (χ1n) is 7.89. The molecule has 2 aromatic rings. The standard InChI is InChI=1S/C17H23N3O3/c1-3-13(2)20(12-17(21)22)11-16-18-15(19-23-16)10-9-14-7-5-4-6-8-14/h4-8,13H,3,9-12H2,1-2H3,(H,21,22). The van der Waals surface area contributed by atoms with Gasteiger partial charge in [-0.1, -0.05) is 42.4 Å². The summed E-state index contributed by atoms with van der Waals surface area (Å²) in [5, 5.41) is 13.0. The minimum absolute atomic E-state index is 0.0310. The molecule has 6 heteroatoms. The van der Waals surface area contributed by atoms with Crippen molar-refractivity contribution in [1.29, 1.82) is 0 Å². The van der Waals surface area contributed by atoms with Gasteiger partial charge in [0.05, 0.1) is 13.1 Å². The highest BCUT2D eigenvalue weighted by atomic mass is 16.5. The summed E-state index contributed by atoms with van der Waals surface area (Å²) in [5.41, 5.74) is 1.23. The molecule has 0 bridgehead atoms. The topological polar surface area (TPSA) is 79.5 Å². The van der Waals surface area contributed by atoms with Crippen molar-refractivity contribution in [3.63, 3.8) is 0 Å². The summed E-state index contributed by atoms with van der Waals surface area (Å²) in [6, 6.07) is 10.3. The highest BCUT2D eigenvalue weighted by Crippen LogP contribution is 2.10. The van der Waals surface area contributed by atoms with Gasteiger partial charge in [0, 0.05) is 12.5 Å². The summed E-state index contributed by atoms with van der Waals surface area (Å²) in [4.78, 5) is 17.2. The number of aliphatic carboxylic acids is 1. The van der Waals surface area contributed by atoms with Crippen LogP contribution in [0, 0.1) is 0 Å². The lowest BCUT2D eigenvalue weighted by atomic mass is 10.1. The third-order valence-corrected chi connectivity index (χ3v) is 3.88. The van der Waals surface area contributed by atoms with E-state index in [4.69, 9.17) is 9.63 Å². The number of carbonyl (C=O) groups is 1. The van der Waals surface area contributed by atoms with Crippen LogP contribution in [-0.2, 0) is 24.2 Å². The van der Waals surface area contributed by atoms with E-state index in [0.717, 1.165) is 12.8 Å². The molecule has 1 unspecified atom stereocenters. The van der Waals surface area contributed by atoms with Crippen molar-refractivity contribution >= 4 is 5.97 Å². The third kappa shape index (κ3) is 5.49. The summed E-state index contributed by atoms with van der Waals surface area (Å²) >= 11 is 0. The summed E-state index contributed by atoms with van der Waals surface area (Å²) < 4.78 is 5.26. The van der Waals surface area contributed by atoms with Gasteiger partial charge >= 0.3 is 5.97 Å². The summed E-state index contributed by atoms with van der Waals surface area (Å²) in [7, 11) is 0. The van der Waals surface area contributed by atoms with Crippen molar-refractivity contribution in [2.45, 2.75) is 45.7 Å². The van der Waals surface area contributed by atoms with Gasteiger partial charge in [0.25, 0.3) is 0 Å².